The molecule has 0 aromatic carbocycles. The Bertz CT molecular complexity index is 590. The quantitative estimate of drug-likeness (QED) is 0.581. The number of aromatic nitrogens is 1. The summed E-state index contributed by atoms with van der Waals surface area (Å²) in [6, 6.07) is 2.92. The van der Waals surface area contributed by atoms with E-state index in [0.717, 1.165) is 12.3 Å². The van der Waals surface area contributed by atoms with Gasteiger partial charge in [0.15, 0.2) is 0 Å². The lowest BCUT2D eigenvalue weighted by Crippen LogP contribution is -2.37. The van der Waals surface area contributed by atoms with Gasteiger partial charge in [-0.15, -0.1) is 0 Å². The topological polar surface area (TPSA) is 129 Å². The summed E-state index contributed by atoms with van der Waals surface area (Å²) < 4.78 is 0. The van der Waals surface area contributed by atoms with Crippen molar-refractivity contribution >= 4 is 17.5 Å². The molecule has 0 amide bonds. The van der Waals surface area contributed by atoms with Crippen LogP contribution < -0.4 is 5.32 Å². The Morgan fingerprint density at radius 3 is 2.62 bits per heavy atom. The number of rotatable bonds is 7. The second-order valence-electron chi connectivity index (χ2n) is 4.60. The molecule has 0 atom stereocenters. The van der Waals surface area contributed by atoms with E-state index in [1.54, 1.807) is 13.8 Å². The number of hydrogen-bond donors (Lipinski definition) is 2. The average molecular weight is 292 g/mol. The molecule has 112 valence electrons. The lowest BCUT2D eigenvalue weighted by molar-refractivity contribution is -0.385. The molecule has 8 nitrogen and oxygen atoms in total. The summed E-state index contributed by atoms with van der Waals surface area (Å²) in [7, 11) is 0. The van der Waals surface area contributed by atoms with Crippen molar-refractivity contribution in [2.75, 3.05) is 11.9 Å². The van der Waals surface area contributed by atoms with Crippen LogP contribution in [-0.4, -0.2) is 27.5 Å². The number of nitriles is 1. The fraction of sp³-hybridized carbons (Fsp3) is 0.462. The lowest BCUT2D eigenvalue weighted by Gasteiger charge is -2.27. The van der Waals surface area contributed by atoms with Crippen LogP contribution in [0.2, 0.25) is 0 Å². The van der Waals surface area contributed by atoms with Crippen molar-refractivity contribution in [1.29, 1.82) is 5.26 Å². The molecule has 8 heteroatoms. The third kappa shape index (κ3) is 3.45. The van der Waals surface area contributed by atoms with Gasteiger partial charge in [-0.05, 0) is 12.8 Å². The fourth-order valence-electron chi connectivity index (χ4n) is 1.91. The molecule has 0 aliphatic heterocycles. The highest BCUT2D eigenvalue weighted by molar-refractivity contribution is 5.75. The molecular weight excluding hydrogens is 276 g/mol. The van der Waals surface area contributed by atoms with Gasteiger partial charge in [-0.3, -0.25) is 14.9 Å². The minimum Gasteiger partial charge on any atom is -0.481 e. The summed E-state index contributed by atoms with van der Waals surface area (Å²) in [6.07, 6.45) is 1.87. The second-order valence-corrected chi connectivity index (χ2v) is 4.60. The van der Waals surface area contributed by atoms with Crippen LogP contribution in [0, 0.1) is 26.9 Å². The van der Waals surface area contributed by atoms with Gasteiger partial charge < -0.3 is 10.4 Å². The van der Waals surface area contributed by atoms with Crippen molar-refractivity contribution in [2.24, 2.45) is 5.41 Å². The molecule has 1 aromatic rings. The van der Waals surface area contributed by atoms with Gasteiger partial charge in [0.05, 0.1) is 10.3 Å². The van der Waals surface area contributed by atoms with E-state index in [2.05, 4.69) is 10.3 Å². The van der Waals surface area contributed by atoms with E-state index in [1.807, 2.05) is 6.07 Å². The number of carbonyl (C=O) groups is 1. The molecule has 1 rings (SSSR count). The molecule has 1 aromatic heterocycles. The number of nitro groups is 1. The van der Waals surface area contributed by atoms with Crippen molar-refractivity contribution in [2.45, 2.75) is 26.7 Å². The highest BCUT2D eigenvalue weighted by Gasteiger charge is 2.34. The molecule has 0 fully saturated rings. The van der Waals surface area contributed by atoms with Crippen molar-refractivity contribution in [3.8, 4) is 6.07 Å². The van der Waals surface area contributed by atoms with Crippen LogP contribution in [0.3, 0.4) is 0 Å². The first-order valence-corrected chi connectivity index (χ1v) is 6.42. The van der Waals surface area contributed by atoms with Crippen LogP contribution >= 0.6 is 0 Å². The van der Waals surface area contributed by atoms with Gasteiger partial charge in [-0.2, -0.15) is 5.26 Å². The maximum Gasteiger partial charge on any atom is 0.311 e. The van der Waals surface area contributed by atoms with Gasteiger partial charge in [0.2, 0.25) is 0 Å². The predicted molar refractivity (Wildman–Crippen MR) is 74.7 cm³/mol. The monoisotopic (exact) mass is 292 g/mol. The average Bonchev–Trinajstić information content (AvgIpc) is 2.48. The lowest BCUT2D eigenvalue weighted by atomic mass is 9.82. The van der Waals surface area contributed by atoms with Gasteiger partial charge in [0, 0.05) is 12.6 Å². The van der Waals surface area contributed by atoms with Crippen molar-refractivity contribution in [1.82, 2.24) is 4.98 Å². The van der Waals surface area contributed by atoms with Crippen LogP contribution in [0.4, 0.5) is 11.5 Å². The molecule has 0 saturated heterocycles. The number of nitrogens with zero attached hydrogens (tertiary/aromatic N) is 3. The van der Waals surface area contributed by atoms with Crippen molar-refractivity contribution in [3.05, 3.63) is 27.9 Å². The molecule has 0 spiro atoms. The van der Waals surface area contributed by atoms with Gasteiger partial charge >= 0.3 is 5.97 Å². The minimum atomic E-state index is -0.962. The van der Waals surface area contributed by atoms with E-state index in [4.69, 9.17) is 5.26 Å². The van der Waals surface area contributed by atoms with Crippen LogP contribution in [0.1, 0.15) is 32.3 Å². The maximum atomic E-state index is 11.4. The van der Waals surface area contributed by atoms with E-state index in [0.29, 0.717) is 12.8 Å². The molecule has 0 aliphatic carbocycles. The molecule has 0 bridgehead atoms. The van der Waals surface area contributed by atoms with E-state index < -0.39 is 16.3 Å². The summed E-state index contributed by atoms with van der Waals surface area (Å²) >= 11 is 0. The summed E-state index contributed by atoms with van der Waals surface area (Å²) in [5, 5.41) is 31.8. The van der Waals surface area contributed by atoms with E-state index in [-0.39, 0.29) is 23.6 Å². The number of hydrogen-bond acceptors (Lipinski definition) is 6. The van der Waals surface area contributed by atoms with E-state index >= 15 is 0 Å². The Morgan fingerprint density at radius 2 is 2.19 bits per heavy atom. The molecule has 21 heavy (non-hydrogen) atoms. The SMILES string of the molecule is CCC(CC)(CNc1ncc([N+](=O)[O-])cc1C#N)C(=O)O. The first-order valence-electron chi connectivity index (χ1n) is 6.42. The zero-order valence-electron chi connectivity index (χ0n) is 11.8. The molecule has 0 unspecified atom stereocenters. The van der Waals surface area contributed by atoms with Gasteiger partial charge in [0.1, 0.15) is 23.6 Å². The third-order valence-corrected chi connectivity index (χ3v) is 3.61. The van der Waals surface area contributed by atoms with Crippen LogP contribution in [0.15, 0.2) is 12.3 Å². The number of pyridine rings is 1. The van der Waals surface area contributed by atoms with E-state index in [1.165, 1.54) is 0 Å². The normalized spacial score (nSPS) is 10.7. The maximum absolute atomic E-state index is 11.4. The highest BCUT2D eigenvalue weighted by Crippen LogP contribution is 2.28. The first kappa shape index (κ1) is 16.4. The zero-order chi connectivity index (χ0) is 16.0. The predicted octanol–water partition coefficient (Wildman–Crippen LogP) is 2.16. The molecule has 2 N–H and O–H groups in total. The summed E-state index contributed by atoms with van der Waals surface area (Å²) in [5.41, 5.74) is -1.24. The van der Waals surface area contributed by atoms with Crippen LogP contribution in [-0.2, 0) is 4.79 Å². The Kier molecular flexibility index (Phi) is 5.18. The van der Waals surface area contributed by atoms with Crippen LogP contribution in [0.25, 0.3) is 0 Å². The van der Waals surface area contributed by atoms with Crippen LogP contribution in [0.5, 0.6) is 0 Å². The minimum absolute atomic E-state index is 0.00990. The number of nitrogens with one attached hydrogen (secondary N) is 1. The molecular formula is C13H16N4O4. The summed E-state index contributed by atoms with van der Waals surface area (Å²) in [5.74, 6) is -0.781. The smallest absolute Gasteiger partial charge is 0.311 e. The van der Waals surface area contributed by atoms with Gasteiger partial charge in [-0.25, -0.2) is 4.98 Å². The fourth-order valence-corrected chi connectivity index (χ4v) is 1.91. The van der Waals surface area contributed by atoms with Gasteiger partial charge in [0.25, 0.3) is 5.69 Å². The number of carboxylic acids is 1. The number of anilines is 1. The largest absolute Gasteiger partial charge is 0.481 e. The third-order valence-electron chi connectivity index (χ3n) is 3.61. The first-order chi connectivity index (χ1) is 9.90. The molecule has 0 saturated carbocycles. The summed E-state index contributed by atoms with van der Waals surface area (Å²) in [6.45, 7) is 3.64. The Labute approximate surface area is 121 Å². The Balaban J connectivity index is 3.01. The van der Waals surface area contributed by atoms with Crippen molar-refractivity contribution < 1.29 is 14.8 Å². The Hall–Kier alpha value is -2.69. The number of aliphatic carboxylic acids is 1. The standard InChI is InChI=1S/C13H16N4O4/c1-3-13(4-2,12(18)19)8-16-11-9(6-14)5-10(7-15-11)17(20)21/h5,7H,3-4,8H2,1-2H3,(H,15,16)(H,18,19). The Morgan fingerprint density at radius 1 is 1.57 bits per heavy atom. The summed E-state index contributed by atoms with van der Waals surface area (Å²) in [4.78, 5) is 25.2. The molecule has 0 radical (unpaired) electrons. The second kappa shape index (κ2) is 6.65. The zero-order valence-corrected chi connectivity index (χ0v) is 11.8. The number of carboxylic acid groups (broad SMARTS) is 1. The highest BCUT2D eigenvalue weighted by atomic mass is 16.6. The molecule has 0 aliphatic rings. The molecule has 1 heterocycles. The van der Waals surface area contributed by atoms with E-state index in [9.17, 15) is 20.0 Å². The van der Waals surface area contributed by atoms with Gasteiger partial charge in [-0.1, -0.05) is 13.8 Å². The van der Waals surface area contributed by atoms with Crippen molar-refractivity contribution in [3.63, 3.8) is 0 Å².